The molecule has 1 heterocycles. The van der Waals surface area contributed by atoms with Crippen LogP contribution in [0.15, 0.2) is 30.6 Å². The molecule has 2 rings (SSSR count). The van der Waals surface area contributed by atoms with Crippen LogP contribution in [0.5, 0.6) is 0 Å². The molecule has 0 fully saturated rings. The van der Waals surface area contributed by atoms with Crippen molar-refractivity contribution in [1.82, 2.24) is 9.97 Å². The van der Waals surface area contributed by atoms with Gasteiger partial charge in [-0.15, -0.1) is 0 Å². The van der Waals surface area contributed by atoms with Crippen LogP contribution in [-0.2, 0) is 0 Å². The first kappa shape index (κ1) is 14.7. The van der Waals surface area contributed by atoms with Gasteiger partial charge in [-0.2, -0.15) is 0 Å². The van der Waals surface area contributed by atoms with Gasteiger partial charge >= 0.3 is 0 Å². The number of anilines is 1. The molecule has 1 aromatic heterocycles. The number of carbonyl (C=O) groups excluding carboxylic acids is 1. The summed E-state index contributed by atoms with van der Waals surface area (Å²) < 4.78 is 0. The van der Waals surface area contributed by atoms with Gasteiger partial charge in [0.2, 0.25) is 0 Å². The molecular formula is C16H15N3O2. The number of hydrogen-bond acceptors (Lipinski definition) is 4. The number of aromatic nitrogens is 2. The molecule has 1 amide bonds. The van der Waals surface area contributed by atoms with Crippen molar-refractivity contribution in [2.75, 3.05) is 11.9 Å². The fourth-order valence-corrected chi connectivity index (χ4v) is 1.70. The lowest BCUT2D eigenvalue weighted by Crippen LogP contribution is -2.15. The van der Waals surface area contributed by atoms with Gasteiger partial charge in [-0.3, -0.25) is 9.78 Å². The number of nitrogens with zero attached hydrogens (tertiary/aromatic N) is 2. The zero-order valence-corrected chi connectivity index (χ0v) is 11.8. The Bertz CT molecular complexity index is 713. The highest BCUT2D eigenvalue weighted by Gasteiger charge is 2.10. The summed E-state index contributed by atoms with van der Waals surface area (Å²) in [5.74, 6) is 5.05. The number of amides is 1. The molecule has 106 valence electrons. The van der Waals surface area contributed by atoms with Crippen molar-refractivity contribution in [2.45, 2.75) is 13.8 Å². The number of rotatable bonds is 2. The van der Waals surface area contributed by atoms with Gasteiger partial charge < -0.3 is 10.4 Å². The predicted octanol–water partition coefficient (Wildman–Crippen LogP) is 1.69. The van der Waals surface area contributed by atoms with Gasteiger partial charge in [-0.25, -0.2) is 4.98 Å². The molecule has 0 saturated carbocycles. The standard InChI is InChI=1S/C16H15N3O2/c1-11-5-6-14(13(8-11)4-3-7-20)19-16(21)15-10-17-12(2)9-18-15/h5-6,8-10,20H,7H2,1-2H3,(H,19,21). The van der Waals surface area contributed by atoms with Crippen LogP contribution < -0.4 is 5.32 Å². The quantitative estimate of drug-likeness (QED) is 0.821. The van der Waals surface area contributed by atoms with Crippen LogP contribution in [0.3, 0.4) is 0 Å². The minimum Gasteiger partial charge on any atom is -0.384 e. The Labute approximate surface area is 123 Å². The van der Waals surface area contributed by atoms with Gasteiger partial charge in [0, 0.05) is 11.8 Å². The van der Waals surface area contributed by atoms with E-state index in [1.54, 1.807) is 13.0 Å². The molecule has 5 nitrogen and oxygen atoms in total. The van der Waals surface area contributed by atoms with Crippen LogP contribution in [-0.4, -0.2) is 27.6 Å². The molecule has 0 aliphatic rings. The maximum atomic E-state index is 12.1. The fourth-order valence-electron chi connectivity index (χ4n) is 1.70. The number of aryl methyl sites for hydroxylation is 2. The van der Waals surface area contributed by atoms with E-state index in [-0.39, 0.29) is 18.2 Å². The first-order chi connectivity index (χ1) is 10.1. The van der Waals surface area contributed by atoms with Crippen molar-refractivity contribution in [3.8, 4) is 11.8 Å². The highest BCUT2D eigenvalue weighted by atomic mass is 16.2. The number of benzene rings is 1. The summed E-state index contributed by atoms with van der Waals surface area (Å²) in [4.78, 5) is 20.2. The van der Waals surface area contributed by atoms with E-state index < -0.39 is 0 Å². The van der Waals surface area contributed by atoms with Gasteiger partial charge in [0.1, 0.15) is 12.3 Å². The average molecular weight is 281 g/mol. The van der Waals surface area contributed by atoms with Crippen LogP contribution >= 0.6 is 0 Å². The summed E-state index contributed by atoms with van der Waals surface area (Å²) in [7, 11) is 0. The summed E-state index contributed by atoms with van der Waals surface area (Å²) in [5, 5.41) is 11.6. The molecular weight excluding hydrogens is 266 g/mol. The van der Waals surface area contributed by atoms with Crippen LogP contribution in [0.2, 0.25) is 0 Å². The molecule has 5 heteroatoms. The molecule has 0 unspecified atom stereocenters. The molecule has 0 radical (unpaired) electrons. The van der Waals surface area contributed by atoms with Crippen LogP contribution in [0, 0.1) is 25.7 Å². The smallest absolute Gasteiger partial charge is 0.275 e. The van der Waals surface area contributed by atoms with Crippen molar-refractivity contribution in [1.29, 1.82) is 0 Å². The molecule has 0 atom stereocenters. The molecule has 2 aromatic rings. The third-order valence-electron chi connectivity index (χ3n) is 2.74. The third-order valence-corrected chi connectivity index (χ3v) is 2.74. The number of aliphatic hydroxyl groups excluding tert-OH is 1. The van der Waals surface area contributed by atoms with Crippen LogP contribution in [0.1, 0.15) is 27.3 Å². The van der Waals surface area contributed by atoms with E-state index in [0.717, 1.165) is 11.3 Å². The molecule has 21 heavy (non-hydrogen) atoms. The monoisotopic (exact) mass is 281 g/mol. The minimum absolute atomic E-state index is 0.231. The summed E-state index contributed by atoms with van der Waals surface area (Å²) in [6.07, 6.45) is 2.97. The maximum Gasteiger partial charge on any atom is 0.275 e. The van der Waals surface area contributed by atoms with Crippen molar-refractivity contribution < 1.29 is 9.90 Å². The number of aliphatic hydroxyl groups is 1. The van der Waals surface area contributed by atoms with E-state index in [0.29, 0.717) is 11.3 Å². The lowest BCUT2D eigenvalue weighted by Gasteiger charge is -2.08. The maximum absolute atomic E-state index is 12.1. The van der Waals surface area contributed by atoms with Gasteiger partial charge in [0.05, 0.1) is 17.6 Å². The molecule has 2 N–H and O–H groups in total. The Morgan fingerprint density at radius 1 is 1.29 bits per heavy atom. The topological polar surface area (TPSA) is 75.1 Å². The largest absolute Gasteiger partial charge is 0.384 e. The molecule has 0 aliphatic heterocycles. The second-order valence-electron chi connectivity index (χ2n) is 4.51. The first-order valence-electron chi connectivity index (χ1n) is 6.40. The molecule has 0 bridgehead atoms. The predicted molar refractivity (Wildman–Crippen MR) is 79.9 cm³/mol. The Morgan fingerprint density at radius 3 is 2.76 bits per heavy atom. The van der Waals surface area contributed by atoms with Crippen molar-refractivity contribution in [3.63, 3.8) is 0 Å². The van der Waals surface area contributed by atoms with Crippen molar-refractivity contribution in [2.24, 2.45) is 0 Å². The SMILES string of the molecule is Cc1ccc(NC(=O)c2cnc(C)cn2)c(C#CCO)c1. The summed E-state index contributed by atoms with van der Waals surface area (Å²) in [6.45, 7) is 3.50. The second-order valence-corrected chi connectivity index (χ2v) is 4.51. The minimum atomic E-state index is -0.349. The van der Waals surface area contributed by atoms with Crippen molar-refractivity contribution in [3.05, 3.63) is 53.1 Å². The van der Waals surface area contributed by atoms with Gasteiger partial charge in [0.15, 0.2) is 0 Å². The Hall–Kier alpha value is -2.71. The lowest BCUT2D eigenvalue weighted by atomic mass is 10.1. The molecule has 0 aliphatic carbocycles. The first-order valence-corrected chi connectivity index (χ1v) is 6.40. The van der Waals surface area contributed by atoms with E-state index in [1.807, 2.05) is 19.1 Å². The normalized spacial score (nSPS) is 9.67. The number of hydrogen-bond donors (Lipinski definition) is 2. The summed E-state index contributed by atoms with van der Waals surface area (Å²) in [6, 6.07) is 5.50. The average Bonchev–Trinajstić information content (AvgIpc) is 2.48. The Morgan fingerprint density at radius 2 is 2.10 bits per heavy atom. The Kier molecular flexibility index (Phi) is 4.64. The highest BCUT2D eigenvalue weighted by Crippen LogP contribution is 2.17. The highest BCUT2D eigenvalue weighted by molar-refractivity contribution is 6.03. The van der Waals surface area contributed by atoms with E-state index in [2.05, 4.69) is 27.1 Å². The Balaban J connectivity index is 2.26. The summed E-state index contributed by atoms with van der Waals surface area (Å²) in [5.41, 5.74) is 3.23. The summed E-state index contributed by atoms with van der Waals surface area (Å²) >= 11 is 0. The van der Waals surface area contributed by atoms with Gasteiger partial charge in [0.25, 0.3) is 5.91 Å². The van der Waals surface area contributed by atoms with E-state index >= 15 is 0 Å². The number of carbonyl (C=O) groups is 1. The zero-order valence-electron chi connectivity index (χ0n) is 11.8. The van der Waals surface area contributed by atoms with Gasteiger partial charge in [-0.05, 0) is 31.5 Å². The third kappa shape index (κ3) is 3.88. The van der Waals surface area contributed by atoms with Crippen LogP contribution in [0.25, 0.3) is 0 Å². The number of nitrogens with one attached hydrogen (secondary N) is 1. The lowest BCUT2D eigenvalue weighted by molar-refractivity contribution is 0.102. The fraction of sp³-hybridized carbons (Fsp3) is 0.188. The molecule has 0 spiro atoms. The van der Waals surface area contributed by atoms with Gasteiger partial charge in [-0.1, -0.05) is 17.9 Å². The van der Waals surface area contributed by atoms with E-state index in [1.165, 1.54) is 12.4 Å². The zero-order chi connectivity index (χ0) is 15.2. The van der Waals surface area contributed by atoms with E-state index in [4.69, 9.17) is 5.11 Å². The van der Waals surface area contributed by atoms with Crippen LogP contribution in [0.4, 0.5) is 5.69 Å². The second kappa shape index (κ2) is 6.64. The molecule has 0 saturated heterocycles. The molecule has 1 aromatic carbocycles. The van der Waals surface area contributed by atoms with Crippen molar-refractivity contribution >= 4 is 11.6 Å². The van der Waals surface area contributed by atoms with E-state index in [9.17, 15) is 4.79 Å².